The van der Waals surface area contributed by atoms with Gasteiger partial charge in [-0.1, -0.05) is 13.0 Å². The zero-order valence-electron chi connectivity index (χ0n) is 10.9. The summed E-state index contributed by atoms with van der Waals surface area (Å²) >= 11 is 0. The number of phenols is 1. The fourth-order valence-electron chi connectivity index (χ4n) is 1.99. The van der Waals surface area contributed by atoms with Gasteiger partial charge in [-0.2, -0.15) is 0 Å². The third-order valence-corrected chi connectivity index (χ3v) is 3.03. The van der Waals surface area contributed by atoms with Crippen LogP contribution in [0.2, 0.25) is 0 Å². The van der Waals surface area contributed by atoms with Gasteiger partial charge in [0.15, 0.2) is 0 Å². The molecule has 1 saturated heterocycles. The second kappa shape index (κ2) is 6.61. The minimum Gasteiger partial charge on any atom is -0.507 e. The highest BCUT2D eigenvalue weighted by Crippen LogP contribution is 2.25. The smallest absolute Gasteiger partial charge is 0.123 e. The number of aromatic hydroxyl groups is 1. The number of hydrogen-bond acceptors (Lipinski definition) is 4. The van der Waals surface area contributed by atoms with Gasteiger partial charge in [-0.15, -0.1) is 0 Å². The number of hydrogen-bond donors (Lipinski definition) is 1. The Hall–Kier alpha value is -1.26. The lowest BCUT2D eigenvalue weighted by molar-refractivity contribution is 0.0339. The summed E-state index contributed by atoms with van der Waals surface area (Å²) in [7, 11) is 0. The third-order valence-electron chi connectivity index (χ3n) is 3.03. The van der Waals surface area contributed by atoms with Gasteiger partial charge in [0.25, 0.3) is 0 Å². The van der Waals surface area contributed by atoms with Gasteiger partial charge in [-0.25, -0.2) is 0 Å². The van der Waals surface area contributed by atoms with Gasteiger partial charge in [-0.3, -0.25) is 4.90 Å². The predicted molar refractivity (Wildman–Crippen MR) is 70.0 cm³/mol. The van der Waals surface area contributed by atoms with Crippen LogP contribution in [0.15, 0.2) is 18.2 Å². The average molecular weight is 251 g/mol. The van der Waals surface area contributed by atoms with Crippen molar-refractivity contribution in [2.45, 2.75) is 19.9 Å². The molecule has 0 aromatic heterocycles. The van der Waals surface area contributed by atoms with Crippen molar-refractivity contribution < 1.29 is 14.6 Å². The Morgan fingerprint density at radius 2 is 2.11 bits per heavy atom. The lowest BCUT2D eigenvalue weighted by Crippen LogP contribution is -2.35. The number of nitrogens with zero attached hydrogens (tertiary/aromatic N) is 1. The Labute approximate surface area is 108 Å². The molecule has 2 rings (SSSR count). The second-order valence-corrected chi connectivity index (χ2v) is 4.53. The van der Waals surface area contributed by atoms with Crippen LogP contribution >= 0.6 is 0 Å². The standard InChI is InChI=1S/C14H21NO3/c1-2-7-18-13-4-3-12(14(16)10-13)11-15-5-8-17-9-6-15/h3-4,10,16H,2,5-9,11H2,1H3. The normalized spacial score (nSPS) is 16.7. The molecular weight excluding hydrogens is 230 g/mol. The van der Waals surface area contributed by atoms with E-state index in [0.717, 1.165) is 50.6 Å². The molecular formula is C14H21NO3. The van der Waals surface area contributed by atoms with Crippen LogP contribution in [0.4, 0.5) is 0 Å². The molecule has 18 heavy (non-hydrogen) atoms. The molecule has 1 aliphatic heterocycles. The molecule has 0 saturated carbocycles. The number of rotatable bonds is 5. The van der Waals surface area contributed by atoms with Gasteiger partial charge in [0.05, 0.1) is 19.8 Å². The Balaban J connectivity index is 1.95. The van der Waals surface area contributed by atoms with E-state index in [-0.39, 0.29) is 0 Å². The monoisotopic (exact) mass is 251 g/mol. The summed E-state index contributed by atoms with van der Waals surface area (Å²) in [6, 6.07) is 5.56. The first kappa shape index (κ1) is 13.2. The van der Waals surface area contributed by atoms with Gasteiger partial charge < -0.3 is 14.6 Å². The van der Waals surface area contributed by atoms with Crippen molar-refractivity contribution in [2.24, 2.45) is 0 Å². The highest BCUT2D eigenvalue weighted by Gasteiger charge is 2.13. The summed E-state index contributed by atoms with van der Waals surface area (Å²) in [5.41, 5.74) is 0.945. The summed E-state index contributed by atoms with van der Waals surface area (Å²) in [4.78, 5) is 2.28. The minimum atomic E-state index is 0.315. The summed E-state index contributed by atoms with van der Waals surface area (Å²) in [5, 5.41) is 9.98. The van der Waals surface area contributed by atoms with Crippen molar-refractivity contribution in [1.82, 2.24) is 4.90 Å². The molecule has 0 atom stereocenters. The minimum absolute atomic E-state index is 0.315. The molecule has 0 amide bonds. The summed E-state index contributed by atoms with van der Waals surface area (Å²) in [5.74, 6) is 1.05. The Morgan fingerprint density at radius 3 is 2.78 bits per heavy atom. The van der Waals surface area contributed by atoms with E-state index in [4.69, 9.17) is 9.47 Å². The topological polar surface area (TPSA) is 41.9 Å². The van der Waals surface area contributed by atoms with Crippen molar-refractivity contribution in [3.8, 4) is 11.5 Å². The van der Waals surface area contributed by atoms with E-state index in [9.17, 15) is 5.11 Å². The summed E-state index contributed by atoms with van der Waals surface area (Å²) in [6.07, 6.45) is 0.969. The highest BCUT2D eigenvalue weighted by atomic mass is 16.5. The van der Waals surface area contributed by atoms with E-state index >= 15 is 0 Å². The van der Waals surface area contributed by atoms with E-state index in [2.05, 4.69) is 11.8 Å². The highest BCUT2D eigenvalue weighted by molar-refractivity contribution is 5.39. The van der Waals surface area contributed by atoms with Gasteiger partial charge in [0.1, 0.15) is 11.5 Å². The van der Waals surface area contributed by atoms with Crippen LogP contribution in [0.5, 0.6) is 11.5 Å². The van der Waals surface area contributed by atoms with Gasteiger partial charge >= 0.3 is 0 Å². The fourth-order valence-corrected chi connectivity index (χ4v) is 1.99. The molecule has 4 nitrogen and oxygen atoms in total. The van der Waals surface area contributed by atoms with Crippen LogP contribution in [0.3, 0.4) is 0 Å². The van der Waals surface area contributed by atoms with Crippen molar-refractivity contribution in [1.29, 1.82) is 0 Å². The molecule has 0 unspecified atom stereocenters. The van der Waals surface area contributed by atoms with E-state index in [0.29, 0.717) is 12.4 Å². The maximum Gasteiger partial charge on any atom is 0.123 e. The van der Waals surface area contributed by atoms with Gasteiger partial charge in [0, 0.05) is 31.3 Å². The van der Waals surface area contributed by atoms with Crippen molar-refractivity contribution in [2.75, 3.05) is 32.9 Å². The molecule has 0 bridgehead atoms. The van der Waals surface area contributed by atoms with E-state index < -0.39 is 0 Å². The zero-order valence-corrected chi connectivity index (χ0v) is 10.9. The van der Waals surface area contributed by atoms with Crippen LogP contribution in [0, 0.1) is 0 Å². The van der Waals surface area contributed by atoms with E-state index in [1.165, 1.54) is 0 Å². The molecule has 1 aromatic rings. The Bertz CT molecular complexity index is 375. The first-order chi connectivity index (χ1) is 8.79. The fraction of sp³-hybridized carbons (Fsp3) is 0.571. The lowest BCUT2D eigenvalue weighted by atomic mass is 10.1. The Morgan fingerprint density at radius 1 is 1.33 bits per heavy atom. The molecule has 4 heteroatoms. The van der Waals surface area contributed by atoms with E-state index in [1.54, 1.807) is 6.07 Å². The molecule has 1 aromatic carbocycles. The number of morpholine rings is 1. The van der Waals surface area contributed by atoms with Crippen LogP contribution in [0.25, 0.3) is 0 Å². The first-order valence-corrected chi connectivity index (χ1v) is 6.54. The van der Waals surface area contributed by atoms with E-state index in [1.807, 2.05) is 12.1 Å². The molecule has 1 heterocycles. The quantitative estimate of drug-likeness (QED) is 0.869. The number of ether oxygens (including phenoxy) is 2. The Kier molecular flexibility index (Phi) is 4.84. The van der Waals surface area contributed by atoms with Gasteiger partial charge in [0.2, 0.25) is 0 Å². The summed E-state index contributed by atoms with van der Waals surface area (Å²) in [6.45, 7) is 6.91. The summed E-state index contributed by atoms with van der Waals surface area (Å²) < 4.78 is 10.8. The maximum absolute atomic E-state index is 9.98. The van der Waals surface area contributed by atoms with Crippen LogP contribution in [-0.4, -0.2) is 42.9 Å². The predicted octanol–water partition coefficient (Wildman–Crippen LogP) is 2.01. The third kappa shape index (κ3) is 3.62. The molecule has 1 aliphatic rings. The molecule has 100 valence electrons. The molecule has 1 fully saturated rings. The van der Waals surface area contributed by atoms with Crippen LogP contribution < -0.4 is 4.74 Å². The van der Waals surface area contributed by atoms with Crippen molar-refractivity contribution in [3.05, 3.63) is 23.8 Å². The van der Waals surface area contributed by atoms with Crippen molar-refractivity contribution >= 4 is 0 Å². The molecule has 0 spiro atoms. The largest absolute Gasteiger partial charge is 0.507 e. The molecule has 1 N–H and O–H groups in total. The second-order valence-electron chi connectivity index (χ2n) is 4.53. The van der Waals surface area contributed by atoms with Crippen LogP contribution in [0.1, 0.15) is 18.9 Å². The first-order valence-electron chi connectivity index (χ1n) is 6.54. The maximum atomic E-state index is 9.98. The van der Waals surface area contributed by atoms with Gasteiger partial charge in [-0.05, 0) is 12.5 Å². The van der Waals surface area contributed by atoms with Crippen LogP contribution in [-0.2, 0) is 11.3 Å². The zero-order chi connectivity index (χ0) is 12.8. The lowest BCUT2D eigenvalue weighted by Gasteiger charge is -2.26. The average Bonchev–Trinajstić information content (AvgIpc) is 2.40. The molecule has 0 aliphatic carbocycles. The molecule has 0 radical (unpaired) electrons. The number of benzene rings is 1. The number of phenolic OH excluding ortho intramolecular Hbond substituents is 1. The van der Waals surface area contributed by atoms with Crippen molar-refractivity contribution in [3.63, 3.8) is 0 Å². The SMILES string of the molecule is CCCOc1ccc(CN2CCOCC2)c(O)c1.